The summed E-state index contributed by atoms with van der Waals surface area (Å²) in [6.07, 6.45) is 0.656. The zero-order valence-corrected chi connectivity index (χ0v) is 22.5. The number of carboxylic acid groups (broad SMARTS) is 2. The molecule has 0 aromatic heterocycles. The Balaban J connectivity index is 1.78. The Morgan fingerprint density at radius 2 is 1.26 bits per heavy atom. The molecule has 3 aromatic carbocycles. The summed E-state index contributed by atoms with van der Waals surface area (Å²) >= 11 is 0. The van der Waals surface area contributed by atoms with Gasteiger partial charge in [-0.1, -0.05) is 66.7 Å². The Morgan fingerprint density at radius 3 is 1.69 bits per heavy atom. The molecule has 0 radical (unpaired) electrons. The maximum Gasteiger partial charge on any atom is 0.334 e. The molecule has 4 rings (SSSR count). The molecule has 0 amide bonds. The van der Waals surface area contributed by atoms with Gasteiger partial charge in [0.25, 0.3) is 0 Å². The van der Waals surface area contributed by atoms with Crippen LogP contribution in [0.4, 0.5) is 0 Å². The largest absolute Gasteiger partial charge is 0.493 e. The van der Waals surface area contributed by atoms with Crippen molar-refractivity contribution >= 4 is 11.9 Å². The molecule has 0 atom stereocenters. The number of methoxy groups -OCH3 is 2. The van der Waals surface area contributed by atoms with Gasteiger partial charge >= 0.3 is 11.9 Å². The lowest BCUT2D eigenvalue weighted by atomic mass is 9.79. The van der Waals surface area contributed by atoms with Crippen LogP contribution in [-0.2, 0) is 9.59 Å². The molecule has 3 aromatic rings. The fourth-order valence-electron chi connectivity index (χ4n) is 5.52. The Hall–Kier alpha value is -4.52. The predicted molar refractivity (Wildman–Crippen MR) is 149 cm³/mol. The highest BCUT2D eigenvalue weighted by atomic mass is 16.5. The molecule has 39 heavy (non-hydrogen) atoms. The summed E-state index contributed by atoms with van der Waals surface area (Å²) in [5.74, 6) is -2.37. The standard InChI is InChI=1S/C32H33NO6/c1-20-28(31(34)35)30(24-15-16-26(38-3)27(19-24)39-4)29(32(36)37)21(2)33(20)18-17-25(22-11-7-5-8-12-22)23-13-9-6-10-14-23/h5-16,19,25,30H,17-18H2,1-4H3,(H,34,35)(H,36,37). The van der Waals surface area contributed by atoms with E-state index < -0.39 is 17.9 Å². The van der Waals surface area contributed by atoms with Crippen LogP contribution >= 0.6 is 0 Å². The average molecular weight is 528 g/mol. The first kappa shape index (κ1) is 27.5. The van der Waals surface area contributed by atoms with Gasteiger partial charge in [0.05, 0.1) is 31.3 Å². The number of rotatable bonds is 10. The van der Waals surface area contributed by atoms with Gasteiger partial charge in [-0.05, 0) is 49.1 Å². The molecule has 1 aliphatic heterocycles. The van der Waals surface area contributed by atoms with E-state index in [0.717, 1.165) is 11.1 Å². The Bertz CT molecular complexity index is 1330. The van der Waals surface area contributed by atoms with Gasteiger partial charge in [0.15, 0.2) is 11.5 Å². The molecule has 0 saturated carbocycles. The summed E-state index contributed by atoms with van der Waals surface area (Å²) in [5.41, 5.74) is 3.89. The maximum atomic E-state index is 12.7. The van der Waals surface area contributed by atoms with Crippen LogP contribution in [0, 0.1) is 0 Å². The van der Waals surface area contributed by atoms with E-state index in [9.17, 15) is 19.8 Å². The van der Waals surface area contributed by atoms with Crippen LogP contribution in [0.15, 0.2) is 101 Å². The Morgan fingerprint density at radius 1 is 0.769 bits per heavy atom. The van der Waals surface area contributed by atoms with Gasteiger partial charge < -0.3 is 24.6 Å². The van der Waals surface area contributed by atoms with Crippen molar-refractivity contribution in [3.05, 3.63) is 118 Å². The molecule has 2 N–H and O–H groups in total. The third-order valence-electron chi connectivity index (χ3n) is 7.41. The molecule has 7 heteroatoms. The van der Waals surface area contributed by atoms with Crippen LogP contribution in [0.25, 0.3) is 0 Å². The number of carboxylic acids is 2. The molecular formula is C32H33NO6. The molecule has 0 unspecified atom stereocenters. The number of allylic oxidation sites excluding steroid dienone is 2. The third-order valence-corrected chi connectivity index (χ3v) is 7.41. The second-order valence-corrected chi connectivity index (χ2v) is 9.47. The minimum Gasteiger partial charge on any atom is -0.493 e. The topological polar surface area (TPSA) is 96.3 Å². The van der Waals surface area contributed by atoms with E-state index in [2.05, 4.69) is 24.3 Å². The van der Waals surface area contributed by atoms with Crippen molar-refractivity contribution < 1.29 is 29.3 Å². The van der Waals surface area contributed by atoms with Crippen molar-refractivity contribution in [3.8, 4) is 11.5 Å². The second kappa shape index (κ2) is 11.9. The van der Waals surface area contributed by atoms with Crippen molar-refractivity contribution in [2.75, 3.05) is 20.8 Å². The molecule has 0 spiro atoms. The van der Waals surface area contributed by atoms with Crippen molar-refractivity contribution in [2.24, 2.45) is 0 Å². The maximum absolute atomic E-state index is 12.7. The van der Waals surface area contributed by atoms with Crippen molar-refractivity contribution in [1.82, 2.24) is 4.90 Å². The minimum atomic E-state index is -1.16. The lowest BCUT2D eigenvalue weighted by molar-refractivity contribution is -0.133. The number of carbonyl (C=O) groups is 2. The van der Waals surface area contributed by atoms with E-state index in [1.54, 1.807) is 32.0 Å². The third kappa shape index (κ3) is 5.53. The van der Waals surface area contributed by atoms with E-state index >= 15 is 0 Å². The summed E-state index contributed by atoms with van der Waals surface area (Å²) in [6.45, 7) is 3.94. The van der Waals surface area contributed by atoms with Crippen LogP contribution in [0.3, 0.4) is 0 Å². The highest BCUT2D eigenvalue weighted by Gasteiger charge is 2.39. The highest BCUT2D eigenvalue weighted by Crippen LogP contribution is 2.44. The fraction of sp³-hybridized carbons (Fsp3) is 0.250. The summed E-state index contributed by atoms with van der Waals surface area (Å²) in [7, 11) is 2.99. The molecule has 0 bridgehead atoms. The minimum absolute atomic E-state index is 0.0289. The van der Waals surface area contributed by atoms with Crippen molar-refractivity contribution in [1.29, 1.82) is 0 Å². The van der Waals surface area contributed by atoms with Crippen LogP contribution in [0.5, 0.6) is 11.5 Å². The summed E-state index contributed by atoms with van der Waals surface area (Å²) < 4.78 is 10.7. The quantitative estimate of drug-likeness (QED) is 0.332. The van der Waals surface area contributed by atoms with Crippen LogP contribution in [-0.4, -0.2) is 47.8 Å². The normalized spacial score (nSPS) is 14.1. The lowest BCUT2D eigenvalue weighted by Gasteiger charge is -2.38. The zero-order valence-electron chi connectivity index (χ0n) is 22.5. The molecule has 0 fully saturated rings. The van der Waals surface area contributed by atoms with E-state index in [1.165, 1.54) is 14.2 Å². The lowest BCUT2D eigenvalue weighted by Crippen LogP contribution is -2.35. The van der Waals surface area contributed by atoms with Gasteiger partial charge in [0.1, 0.15) is 0 Å². The van der Waals surface area contributed by atoms with E-state index in [4.69, 9.17) is 9.47 Å². The number of ether oxygens (including phenoxy) is 2. The first-order valence-corrected chi connectivity index (χ1v) is 12.8. The van der Waals surface area contributed by atoms with Crippen molar-refractivity contribution in [3.63, 3.8) is 0 Å². The van der Waals surface area contributed by atoms with E-state index in [-0.39, 0.29) is 17.1 Å². The predicted octanol–water partition coefficient (Wildman–Crippen LogP) is 6.04. The van der Waals surface area contributed by atoms with Gasteiger partial charge in [-0.2, -0.15) is 0 Å². The molecule has 1 heterocycles. The first-order chi connectivity index (χ1) is 18.8. The Labute approximate surface area is 228 Å². The SMILES string of the molecule is COc1ccc(C2C(C(=O)O)=C(C)N(CCC(c3ccccc3)c3ccccc3)C(C)=C2C(=O)O)cc1OC. The number of nitrogens with zero attached hydrogens (tertiary/aromatic N) is 1. The smallest absolute Gasteiger partial charge is 0.334 e. The highest BCUT2D eigenvalue weighted by molar-refractivity contribution is 5.98. The first-order valence-electron chi connectivity index (χ1n) is 12.8. The number of aliphatic carboxylic acids is 2. The number of hydrogen-bond acceptors (Lipinski definition) is 5. The average Bonchev–Trinajstić information content (AvgIpc) is 2.94. The summed E-state index contributed by atoms with van der Waals surface area (Å²) in [4.78, 5) is 27.2. The molecular weight excluding hydrogens is 494 g/mol. The molecule has 202 valence electrons. The monoisotopic (exact) mass is 527 g/mol. The number of hydrogen-bond donors (Lipinski definition) is 2. The van der Waals surface area contributed by atoms with Gasteiger partial charge in [0.2, 0.25) is 0 Å². The van der Waals surface area contributed by atoms with Crippen LogP contribution < -0.4 is 9.47 Å². The summed E-state index contributed by atoms with van der Waals surface area (Å²) in [5, 5.41) is 20.7. The fourth-order valence-corrected chi connectivity index (χ4v) is 5.52. The molecule has 0 aliphatic carbocycles. The van der Waals surface area contributed by atoms with E-state index in [1.807, 2.05) is 41.3 Å². The molecule has 1 aliphatic rings. The van der Waals surface area contributed by atoms with Gasteiger partial charge in [-0.15, -0.1) is 0 Å². The van der Waals surface area contributed by atoms with Crippen LogP contribution in [0.2, 0.25) is 0 Å². The van der Waals surface area contributed by atoms with Crippen LogP contribution in [0.1, 0.15) is 48.8 Å². The number of benzene rings is 3. The molecule has 0 saturated heterocycles. The molecule has 7 nitrogen and oxygen atoms in total. The second-order valence-electron chi connectivity index (χ2n) is 9.47. The zero-order chi connectivity index (χ0) is 28.1. The van der Waals surface area contributed by atoms with Crippen molar-refractivity contribution in [2.45, 2.75) is 32.1 Å². The summed E-state index contributed by atoms with van der Waals surface area (Å²) in [6, 6.07) is 25.3. The van der Waals surface area contributed by atoms with Gasteiger partial charge in [0, 0.05) is 23.9 Å². The Kier molecular flexibility index (Phi) is 8.39. The van der Waals surface area contributed by atoms with Gasteiger partial charge in [-0.3, -0.25) is 0 Å². The van der Waals surface area contributed by atoms with E-state index in [0.29, 0.717) is 41.4 Å². The van der Waals surface area contributed by atoms with Gasteiger partial charge in [-0.25, -0.2) is 9.59 Å².